The number of aliphatic hydroxyl groups is 1. The first-order chi connectivity index (χ1) is 10.0. The monoisotopic (exact) mass is 291 g/mol. The Morgan fingerprint density at radius 2 is 1.90 bits per heavy atom. The molecule has 1 aliphatic heterocycles. The summed E-state index contributed by atoms with van der Waals surface area (Å²) in [6, 6.07) is 10.1. The molecular weight excluding hydrogens is 262 g/mol. The Morgan fingerprint density at radius 1 is 1.24 bits per heavy atom. The van der Waals surface area contributed by atoms with Crippen LogP contribution in [-0.2, 0) is 4.74 Å². The predicted molar refractivity (Wildman–Crippen MR) is 86.2 cm³/mol. The van der Waals surface area contributed by atoms with Gasteiger partial charge in [-0.25, -0.2) is 0 Å². The van der Waals surface area contributed by atoms with Crippen LogP contribution in [0, 0.1) is 11.8 Å². The van der Waals surface area contributed by atoms with Crippen LogP contribution < -0.4 is 0 Å². The summed E-state index contributed by atoms with van der Waals surface area (Å²) >= 11 is 0. The number of likely N-dealkylation sites (tertiary alicyclic amines) is 1. The molecule has 0 bridgehead atoms. The molecule has 118 valence electrons. The van der Waals surface area contributed by atoms with Gasteiger partial charge in [0.2, 0.25) is 0 Å². The van der Waals surface area contributed by atoms with Gasteiger partial charge < -0.3 is 9.84 Å². The van der Waals surface area contributed by atoms with Gasteiger partial charge in [-0.15, -0.1) is 0 Å². The molecule has 1 heterocycles. The van der Waals surface area contributed by atoms with Crippen molar-refractivity contribution >= 4 is 0 Å². The van der Waals surface area contributed by atoms with Gasteiger partial charge in [0, 0.05) is 19.7 Å². The molecule has 3 heteroatoms. The van der Waals surface area contributed by atoms with Crippen LogP contribution in [0.5, 0.6) is 0 Å². The Bertz CT molecular complexity index is 420. The molecule has 0 aromatic heterocycles. The summed E-state index contributed by atoms with van der Waals surface area (Å²) in [5, 5.41) is 10.8. The van der Waals surface area contributed by atoms with Crippen LogP contribution >= 0.6 is 0 Å². The quantitative estimate of drug-likeness (QED) is 0.905. The molecule has 1 fully saturated rings. The van der Waals surface area contributed by atoms with E-state index in [0.29, 0.717) is 11.8 Å². The van der Waals surface area contributed by atoms with Crippen LogP contribution in [0.25, 0.3) is 0 Å². The van der Waals surface area contributed by atoms with Crippen LogP contribution in [0.3, 0.4) is 0 Å². The van der Waals surface area contributed by atoms with Crippen molar-refractivity contribution in [1.29, 1.82) is 0 Å². The molecule has 4 atom stereocenters. The van der Waals surface area contributed by atoms with Crippen molar-refractivity contribution in [3.05, 3.63) is 35.9 Å². The average molecular weight is 291 g/mol. The van der Waals surface area contributed by atoms with E-state index in [2.05, 4.69) is 25.7 Å². The topological polar surface area (TPSA) is 32.7 Å². The van der Waals surface area contributed by atoms with Crippen molar-refractivity contribution in [2.75, 3.05) is 20.2 Å². The maximum atomic E-state index is 10.8. The first-order valence-corrected chi connectivity index (χ1v) is 8.04. The zero-order valence-electron chi connectivity index (χ0n) is 13.7. The summed E-state index contributed by atoms with van der Waals surface area (Å²) in [6.07, 6.45) is 0.948. The summed E-state index contributed by atoms with van der Waals surface area (Å²) in [7, 11) is 1.79. The summed E-state index contributed by atoms with van der Waals surface area (Å²) in [6.45, 7) is 8.58. The van der Waals surface area contributed by atoms with E-state index in [9.17, 15) is 5.11 Å². The van der Waals surface area contributed by atoms with Crippen molar-refractivity contribution in [3.63, 3.8) is 0 Å². The van der Waals surface area contributed by atoms with Gasteiger partial charge in [0.25, 0.3) is 0 Å². The van der Waals surface area contributed by atoms with E-state index in [-0.39, 0.29) is 12.1 Å². The van der Waals surface area contributed by atoms with E-state index in [1.54, 1.807) is 7.11 Å². The normalized spacial score (nSPS) is 26.8. The third kappa shape index (κ3) is 3.85. The Labute approximate surface area is 128 Å². The molecule has 1 aromatic rings. The van der Waals surface area contributed by atoms with Crippen molar-refractivity contribution in [1.82, 2.24) is 4.90 Å². The molecule has 4 unspecified atom stereocenters. The molecule has 2 rings (SSSR count). The average Bonchev–Trinajstić information content (AvgIpc) is 2.49. The van der Waals surface area contributed by atoms with Crippen molar-refractivity contribution < 1.29 is 9.84 Å². The Hall–Kier alpha value is -0.900. The Balaban J connectivity index is 2.15. The van der Waals surface area contributed by atoms with Crippen molar-refractivity contribution in [3.8, 4) is 0 Å². The molecule has 0 saturated carbocycles. The van der Waals surface area contributed by atoms with Crippen molar-refractivity contribution in [2.45, 2.75) is 45.4 Å². The van der Waals surface area contributed by atoms with E-state index in [1.165, 1.54) is 0 Å². The molecule has 21 heavy (non-hydrogen) atoms. The highest BCUT2D eigenvalue weighted by Crippen LogP contribution is 2.30. The minimum Gasteiger partial charge on any atom is -0.387 e. The van der Waals surface area contributed by atoms with Crippen LogP contribution in [0.1, 0.15) is 38.9 Å². The maximum absolute atomic E-state index is 10.8. The second-order valence-electron chi connectivity index (χ2n) is 6.63. The first kappa shape index (κ1) is 16.5. The number of hydrogen-bond acceptors (Lipinski definition) is 3. The van der Waals surface area contributed by atoms with Gasteiger partial charge in [-0.05, 0) is 30.4 Å². The van der Waals surface area contributed by atoms with Crippen molar-refractivity contribution in [2.24, 2.45) is 11.8 Å². The van der Waals surface area contributed by atoms with Crippen LogP contribution in [0.15, 0.2) is 30.3 Å². The Morgan fingerprint density at radius 3 is 2.48 bits per heavy atom. The number of rotatable bonds is 5. The van der Waals surface area contributed by atoms with Gasteiger partial charge in [-0.3, -0.25) is 4.90 Å². The number of piperidine rings is 1. The maximum Gasteiger partial charge on any atom is 0.0947 e. The number of hydrogen-bond donors (Lipinski definition) is 1. The molecule has 0 aliphatic carbocycles. The smallest absolute Gasteiger partial charge is 0.0947 e. The number of methoxy groups -OCH3 is 1. The molecule has 0 amide bonds. The fourth-order valence-corrected chi connectivity index (χ4v) is 3.47. The zero-order chi connectivity index (χ0) is 15.4. The lowest BCUT2D eigenvalue weighted by Gasteiger charge is -2.44. The summed E-state index contributed by atoms with van der Waals surface area (Å²) < 4.78 is 5.63. The van der Waals surface area contributed by atoms with Crippen LogP contribution in [0.2, 0.25) is 0 Å². The number of benzene rings is 1. The molecule has 1 aromatic carbocycles. The largest absolute Gasteiger partial charge is 0.387 e. The predicted octanol–water partition coefficient (Wildman–Crippen LogP) is 3.10. The third-order valence-electron chi connectivity index (χ3n) is 4.79. The van der Waals surface area contributed by atoms with Gasteiger partial charge >= 0.3 is 0 Å². The van der Waals surface area contributed by atoms with E-state index >= 15 is 0 Å². The molecule has 3 nitrogen and oxygen atoms in total. The minimum atomic E-state index is -0.447. The van der Waals surface area contributed by atoms with E-state index in [4.69, 9.17) is 4.74 Å². The highest BCUT2D eigenvalue weighted by molar-refractivity contribution is 5.19. The second-order valence-corrected chi connectivity index (χ2v) is 6.63. The molecule has 0 radical (unpaired) electrons. The van der Waals surface area contributed by atoms with Gasteiger partial charge in [0.1, 0.15) is 0 Å². The third-order valence-corrected chi connectivity index (χ3v) is 4.79. The van der Waals surface area contributed by atoms with Gasteiger partial charge in [0.05, 0.1) is 12.2 Å². The lowest BCUT2D eigenvalue weighted by atomic mass is 9.88. The highest BCUT2D eigenvalue weighted by atomic mass is 16.5. The summed E-state index contributed by atoms with van der Waals surface area (Å²) in [5.74, 6) is 0.985. The van der Waals surface area contributed by atoms with Gasteiger partial charge in [-0.2, -0.15) is 0 Å². The minimum absolute atomic E-state index is 0.137. The molecule has 0 spiro atoms. The summed E-state index contributed by atoms with van der Waals surface area (Å²) in [5.41, 5.74) is 1.00. The molecule has 1 N–H and O–H groups in total. The molecule has 1 aliphatic rings. The SMILES string of the molecule is COC1CN(C(C(C)C)C(O)c2ccccc2)CCC1C. The van der Waals surface area contributed by atoms with Gasteiger partial charge in [0.15, 0.2) is 0 Å². The Kier molecular flexibility index (Phi) is 5.80. The number of ether oxygens (including phenoxy) is 1. The van der Waals surface area contributed by atoms with Crippen LogP contribution in [-0.4, -0.2) is 42.4 Å². The lowest BCUT2D eigenvalue weighted by Crippen LogP contribution is -2.52. The molecule has 1 saturated heterocycles. The fraction of sp³-hybridized carbons (Fsp3) is 0.667. The standard InChI is InChI=1S/C18H29NO2/c1-13(2)17(18(20)15-8-6-5-7-9-15)19-11-10-14(3)16(12-19)21-4/h5-9,13-14,16-18,20H,10-12H2,1-4H3. The first-order valence-electron chi connectivity index (χ1n) is 8.04. The fourth-order valence-electron chi connectivity index (χ4n) is 3.47. The second kappa shape index (κ2) is 7.39. The van der Waals surface area contributed by atoms with E-state index in [1.807, 2.05) is 30.3 Å². The van der Waals surface area contributed by atoms with Crippen LogP contribution in [0.4, 0.5) is 0 Å². The van der Waals surface area contributed by atoms with E-state index in [0.717, 1.165) is 25.1 Å². The van der Waals surface area contributed by atoms with E-state index < -0.39 is 6.10 Å². The zero-order valence-corrected chi connectivity index (χ0v) is 13.7. The number of nitrogens with zero attached hydrogens (tertiary/aromatic N) is 1. The van der Waals surface area contributed by atoms with Gasteiger partial charge in [-0.1, -0.05) is 51.1 Å². The number of aliphatic hydroxyl groups excluding tert-OH is 1. The summed E-state index contributed by atoms with van der Waals surface area (Å²) in [4.78, 5) is 2.41. The molecular formula is C18H29NO2. The lowest BCUT2D eigenvalue weighted by molar-refractivity contribution is -0.0554. The highest BCUT2D eigenvalue weighted by Gasteiger charge is 2.35.